The number of carbonyl (C=O) groups is 1. The van der Waals surface area contributed by atoms with Gasteiger partial charge in [0.15, 0.2) is 6.61 Å². The molecule has 30 heavy (non-hydrogen) atoms. The molecule has 0 saturated heterocycles. The molecular formula is C21H27N2NaO6. The third-order valence-electron chi connectivity index (χ3n) is 3.30. The summed E-state index contributed by atoms with van der Waals surface area (Å²) < 4.78 is 10.9. The Labute approximate surface area is 199 Å². The molecule has 0 heterocycles. The molecule has 0 aliphatic heterocycles. The summed E-state index contributed by atoms with van der Waals surface area (Å²) in [7, 11) is 0. The molecule has 0 aromatic heterocycles. The number of carboxylic acids is 1. The quantitative estimate of drug-likeness (QED) is 0.293. The van der Waals surface area contributed by atoms with E-state index in [4.69, 9.17) is 20.2 Å². The Morgan fingerprint density at radius 2 is 1.37 bits per heavy atom. The minimum absolute atomic E-state index is 0. The van der Waals surface area contributed by atoms with Crippen LogP contribution in [0.3, 0.4) is 0 Å². The number of rotatable bonds is 10. The summed E-state index contributed by atoms with van der Waals surface area (Å²) in [5.74, 6) is 5.12. The molecule has 2 aromatic carbocycles. The van der Waals surface area contributed by atoms with Gasteiger partial charge in [-0.3, -0.25) is 0 Å². The number of carboxylic acid groups (broad SMARTS) is 1. The molecule has 0 amide bonds. The minimum atomic E-state index is -1.35. The van der Waals surface area contributed by atoms with Crippen molar-refractivity contribution in [3.63, 3.8) is 0 Å². The van der Waals surface area contributed by atoms with Gasteiger partial charge in [0.05, 0.1) is 11.7 Å². The summed E-state index contributed by atoms with van der Waals surface area (Å²) >= 11 is 0. The van der Waals surface area contributed by atoms with Crippen LogP contribution < -0.4 is 50.0 Å². The Bertz CT molecular complexity index is 731. The summed E-state index contributed by atoms with van der Waals surface area (Å²) in [6.45, 7) is 5.57. The number of aliphatic carboxylic acids is 1. The van der Waals surface area contributed by atoms with Crippen LogP contribution in [0.15, 0.2) is 65.8 Å². The van der Waals surface area contributed by atoms with Crippen LogP contribution in [-0.2, 0) is 14.5 Å². The van der Waals surface area contributed by atoms with Gasteiger partial charge < -0.3 is 29.0 Å². The van der Waals surface area contributed by atoms with Gasteiger partial charge in [-0.1, -0.05) is 41.6 Å². The number of hydrogen-bond donors (Lipinski definition) is 1. The Balaban J connectivity index is 0.000000573. The fourth-order valence-electron chi connectivity index (χ4n) is 1.94. The molecule has 158 valence electrons. The maximum absolute atomic E-state index is 10.3. The van der Waals surface area contributed by atoms with Gasteiger partial charge >= 0.3 is 29.6 Å². The number of benzene rings is 2. The van der Waals surface area contributed by atoms with Gasteiger partial charge in [0, 0.05) is 0 Å². The zero-order chi connectivity index (χ0) is 21.5. The molecule has 2 N–H and O–H groups in total. The van der Waals surface area contributed by atoms with Crippen molar-refractivity contribution < 1.29 is 58.6 Å². The molecule has 0 aliphatic rings. The molecule has 0 radical (unpaired) electrons. The SMILES string of the molecule is C/C(=N\OCC(C)Oc1ccccc1)C(=O)[O-].CC(CON)Oc1ccccc1.[Na+]. The zero-order valence-corrected chi connectivity index (χ0v) is 19.8. The van der Waals surface area contributed by atoms with E-state index in [1.807, 2.05) is 67.6 Å². The van der Waals surface area contributed by atoms with Crippen molar-refractivity contribution >= 4 is 11.7 Å². The first kappa shape index (κ1) is 27.9. The van der Waals surface area contributed by atoms with Gasteiger partial charge in [0.1, 0.15) is 30.3 Å². The van der Waals surface area contributed by atoms with E-state index in [-0.39, 0.29) is 54.1 Å². The third kappa shape index (κ3) is 13.2. The van der Waals surface area contributed by atoms with Crippen LogP contribution in [0.2, 0.25) is 0 Å². The largest absolute Gasteiger partial charge is 1.00 e. The summed E-state index contributed by atoms with van der Waals surface area (Å²) in [5.41, 5.74) is -0.197. The number of ether oxygens (including phenoxy) is 2. The maximum Gasteiger partial charge on any atom is 1.00 e. The van der Waals surface area contributed by atoms with Gasteiger partial charge in [0.2, 0.25) is 0 Å². The van der Waals surface area contributed by atoms with Crippen LogP contribution in [0.4, 0.5) is 0 Å². The second kappa shape index (κ2) is 16.7. The van der Waals surface area contributed by atoms with Crippen LogP contribution in [0.25, 0.3) is 0 Å². The van der Waals surface area contributed by atoms with Crippen LogP contribution in [0.5, 0.6) is 11.5 Å². The molecule has 0 fully saturated rings. The standard InChI is InChI=1S/C12H15NO4.C9H13NO2.Na/c1-9(8-16-13-10(2)12(14)15)17-11-6-4-3-5-7-11;1-8(7-11-10)12-9-5-3-2-4-6-9;/h3-7,9H,8H2,1-2H3,(H,14,15);2-6,8H,7,10H2,1H3;/q;;+1/p-1/b13-10+;;. The van der Waals surface area contributed by atoms with Crippen LogP contribution in [0.1, 0.15) is 20.8 Å². The first-order chi connectivity index (χ1) is 13.9. The van der Waals surface area contributed by atoms with Crippen LogP contribution in [-0.4, -0.2) is 37.1 Å². The van der Waals surface area contributed by atoms with E-state index in [0.29, 0.717) is 6.61 Å². The van der Waals surface area contributed by atoms with Crippen molar-refractivity contribution in [2.75, 3.05) is 13.2 Å². The number of hydrogen-bond acceptors (Lipinski definition) is 8. The number of para-hydroxylation sites is 2. The molecule has 8 nitrogen and oxygen atoms in total. The first-order valence-electron chi connectivity index (χ1n) is 9.05. The fraction of sp³-hybridized carbons (Fsp3) is 0.333. The molecule has 9 heteroatoms. The molecular weight excluding hydrogens is 399 g/mol. The summed E-state index contributed by atoms with van der Waals surface area (Å²) in [6, 6.07) is 18.8. The number of carbonyl (C=O) groups excluding carboxylic acids is 1. The minimum Gasteiger partial charge on any atom is -0.543 e. The normalized spacial score (nSPS) is 12.3. The van der Waals surface area contributed by atoms with Crippen molar-refractivity contribution in [1.82, 2.24) is 0 Å². The van der Waals surface area contributed by atoms with E-state index in [1.54, 1.807) is 6.92 Å². The molecule has 2 rings (SSSR count). The van der Waals surface area contributed by atoms with E-state index in [9.17, 15) is 9.90 Å². The molecule has 2 atom stereocenters. The van der Waals surface area contributed by atoms with E-state index >= 15 is 0 Å². The molecule has 0 spiro atoms. The van der Waals surface area contributed by atoms with Crippen molar-refractivity contribution in [2.24, 2.45) is 11.1 Å². The van der Waals surface area contributed by atoms with Gasteiger partial charge in [0.25, 0.3) is 0 Å². The Hall–Kier alpha value is -2.10. The molecule has 0 saturated carbocycles. The average Bonchev–Trinajstić information content (AvgIpc) is 2.70. The Morgan fingerprint density at radius 1 is 0.933 bits per heavy atom. The zero-order valence-electron chi connectivity index (χ0n) is 17.8. The molecule has 0 bridgehead atoms. The summed E-state index contributed by atoms with van der Waals surface area (Å²) in [4.78, 5) is 19.6. The predicted molar refractivity (Wildman–Crippen MR) is 107 cm³/mol. The number of oxime groups is 1. The molecule has 0 aliphatic carbocycles. The summed E-state index contributed by atoms with van der Waals surface area (Å²) in [5, 5.41) is 13.7. The first-order valence-corrected chi connectivity index (χ1v) is 9.05. The third-order valence-corrected chi connectivity index (χ3v) is 3.30. The topological polar surface area (TPSA) is 115 Å². The summed E-state index contributed by atoms with van der Waals surface area (Å²) in [6.07, 6.45) is -0.242. The van der Waals surface area contributed by atoms with Crippen molar-refractivity contribution in [3.8, 4) is 11.5 Å². The van der Waals surface area contributed by atoms with Crippen molar-refractivity contribution in [1.29, 1.82) is 0 Å². The smallest absolute Gasteiger partial charge is 0.543 e. The van der Waals surface area contributed by atoms with Crippen molar-refractivity contribution in [3.05, 3.63) is 60.7 Å². The maximum atomic E-state index is 10.3. The van der Waals surface area contributed by atoms with E-state index < -0.39 is 5.97 Å². The Morgan fingerprint density at radius 3 is 1.77 bits per heavy atom. The van der Waals surface area contributed by atoms with E-state index in [1.165, 1.54) is 6.92 Å². The van der Waals surface area contributed by atoms with Gasteiger partial charge in [-0.15, -0.1) is 0 Å². The monoisotopic (exact) mass is 426 g/mol. The van der Waals surface area contributed by atoms with Crippen molar-refractivity contribution in [2.45, 2.75) is 33.0 Å². The van der Waals surface area contributed by atoms with Gasteiger partial charge in [-0.25, -0.2) is 5.90 Å². The second-order valence-electron chi connectivity index (χ2n) is 6.08. The van der Waals surface area contributed by atoms with Crippen LogP contribution in [0, 0.1) is 0 Å². The second-order valence-corrected chi connectivity index (χ2v) is 6.08. The van der Waals surface area contributed by atoms with Crippen LogP contribution >= 0.6 is 0 Å². The average molecular weight is 426 g/mol. The molecule has 2 unspecified atom stereocenters. The number of nitrogens with two attached hydrogens (primary N) is 1. The van der Waals surface area contributed by atoms with E-state index in [0.717, 1.165) is 11.5 Å². The molecule has 2 aromatic rings. The Kier molecular flexibility index (Phi) is 15.5. The number of nitrogens with zero attached hydrogens (tertiary/aromatic N) is 1. The predicted octanol–water partition coefficient (Wildman–Crippen LogP) is -1.06. The fourth-order valence-corrected chi connectivity index (χ4v) is 1.94. The van der Waals surface area contributed by atoms with Gasteiger partial charge in [-0.2, -0.15) is 0 Å². The van der Waals surface area contributed by atoms with Gasteiger partial charge in [-0.05, 0) is 45.0 Å². The van der Waals surface area contributed by atoms with E-state index in [2.05, 4.69) is 9.99 Å².